The van der Waals surface area contributed by atoms with Crippen molar-refractivity contribution in [3.8, 4) is 0 Å². The molecule has 0 aliphatic rings. The molecule has 1 N–H and O–H groups in total. The Balaban J connectivity index is 2.71. The number of carbonyl (C=O) groups is 1. The van der Waals surface area contributed by atoms with Gasteiger partial charge in [-0.05, 0) is 24.6 Å². The van der Waals surface area contributed by atoms with Crippen LogP contribution < -0.4 is 5.56 Å². The van der Waals surface area contributed by atoms with Crippen LogP contribution in [0.4, 0.5) is 0 Å². The summed E-state index contributed by atoms with van der Waals surface area (Å²) < 4.78 is 1.92. The van der Waals surface area contributed by atoms with Gasteiger partial charge in [-0.3, -0.25) is 9.36 Å². The van der Waals surface area contributed by atoms with E-state index in [1.54, 1.807) is 25.1 Å². The van der Waals surface area contributed by atoms with Gasteiger partial charge < -0.3 is 5.11 Å². The molecule has 0 saturated carbocycles. The third kappa shape index (κ3) is 2.15. The van der Waals surface area contributed by atoms with E-state index in [2.05, 4.69) is 20.9 Å². The first-order chi connectivity index (χ1) is 8.54. The Kier molecular flexibility index (Phi) is 3.47. The number of hydrogen-bond donors (Lipinski definition) is 1. The number of hydrogen-bond acceptors (Lipinski definition) is 3. The van der Waals surface area contributed by atoms with Gasteiger partial charge in [0.25, 0.3) is 5.56 Å². The second-order valence-corrected chi connectivity index (χ2v) is 4.80. The van der Waals surface area contributed by atoms with Crippen LogP contribution in [0.3, 0.4) is 0 Å². The molecule has 1 aromatic carbocycles. The third-order valence-corrected chi connectivity index (χ3v) is 3.25. The van der Waals surface area contributed by atoms with E-state index in [-0.39, 0.29) is 5.56 Å². The molecular weight excluding hydrogens is 300 g/mol. The average Bonchev–Trinajstić information content (AvgIpc) is 2.33. The highest BCUT2D eigenvalue weighted by Crippen LogP contribution is 2.16. The number of aliphatic carboxylic acids is 1. The summed E-state index contributed by atoms with van der Waals surface area (Å²) in [6, 6.07) is 4.27. The molecule has 0 aliphatic heterocycles. The minimum absolute atomic E-state index is 0.330. The van der Waals surface area contributed by atoms with Crippen LogP contribution >= 0.6 is 15.9 Å². The molecule has 0 spiro atoms. The first kappa shape index (κ1) is 12.8. The van der Waals surface area contributed by atoms with Gasteiger partial charge in [0, 0.05) is 4.47 Å². The summed E-state index contributed by atoms with van der Waals surface area (Å²) in [4.78, 5) is 27.4. The zero-order valence-corrected chi connectivity index (χ0v) is 11.2. The van der Waals surface area contributed by atoms with E-state index in [0.717, 1.165) is 9.04 Å². The predicted octanol–water partition coefficient (Wildman–Crippen LogP) is 2.19. The number of carboxylic acids is 1. The van der Waals surface area contributed by atoms with Gasteiger partial charge in [-0.25, -0.2) is 9.78 Å². The number of aromatic nitrogens is 2. The monoisotopic (exact) mass is 310 g/mol. The molecule has 0 aliphatic carbocycles. The number of fused-ring (bicyclic) bond motifs is 1. The fourth-order valence-electron chi connectivity index (χ4n) is 1.82. The summed E-state index contributed by atoms with van der Waals surface area (Å²) in [7, 11) is 0. The smallest absolute Gasteiger partial charge is 0.326 e. The third-order valence-electron chi connectivity index (χ3n) is 2.75. The molecule has 2 rings (SSSR count). The molecule has 0 radical (unpaired) electrons. The lowest BCUT2D eigenvalue weighted by Crippen LogP contribution is -2.29. The van der Waals surface area contributed by atoms with E-state index in [1.165, 1.54) is 6.33 Å². The van der Waals surface area contributed by atoms with Gasteiger partial charge in [0.1, 0.15) is 6.04 Å². The molecule has 18 heavy (non-hydrogen) atoms. The maximum absolute atomic E-state index is 12.2. The number of carboxylic acid groups (broad SMARTS) is 1. The maximum atomic E-state index is 12.2. The van der Waals surface area contributed by atoms with E-state index in [0.29, 0.717) is 17.3 Å². The molecule has 6 heteroatoms. The molecule has 2 aromatic rings. The Morgan fingerprint density at radius 3 is 2.89 bits per heavy atom. The zero-order valence-electron chi connectivity index (χ0n) is 9.63. The van der Waals surface area contributed by atoms with Gasteiger partial charge in [-0.15, -0.1) is 0 Å². The quantitative estimate of drug-likeness (QED) is 0.943. The van der Waals surface area contributed by atoms with Crippen LogP contribution in [0.25, 0.3) is 10.9 Å². The highest BCUT2D eigenvalue weighted by molar-refractivity contribution is 9.10. The van der Waals surface area contributed by atoms with Crippen molar-refractivity contribution in [1.82, 2.24) is 9.55 Å². The van der Waals surface area contributed by atoms with Gasteiger partial charge in [-0.1, -0.05) is 22.9 Å². The van der Waals surface area contributed by atoms with Crippen LogP contribution in [0.5, 0.6) is 0 Å². The number of halogens is 1. The van der Waals surface area contributed by atoms with Gasteiger partial charge in [0.2, 0.25) is 0 Å². The molecule has 1 aromatic heterocycles. The summed E-state index contributed by atoms with van der Waals surface area (Å²) in [5, 5.41) is 9.49. The van der Waals surface area contributed by atoms with Crippen molar-refractivity contribution in [3.05, 3.63) is 39.4 Å². The number of rotatable bonds is 3. The molecule has 0 bridgehead atoms. The molecule has 0 saturated heterocycles. The molecule has 94 valence electrons. The van der Waals surface area contributed by atoms with Crippen LogP contribution in [0.2, 0.25) is 0 Å². The molecule has 0 fully saturated rings. The number of benzene rings is 1. The van der Waals surface area contributed by atoms with E-state index >= 15 is 0 Å². The SMILES string of the molecule is CCC(C(=O)O)n1cnc2ccc(Br)cc2c1=O. The Labute approximate surface area is 111 Å². The Hall–Kier alpha value is -1.69. The normalized spacial score (nSPS) is 12.6. The Morgan fingerprint density at radius 1 is 1.56 bits per heavy atom. The van der Waals surface area contributed by atoms with Gasteiger partial charge in [0.05, 0.1) is 17.2 Å². The lowest BCUT2D eigenvalue weighted by atomic mass is 10.2. The molecule has 1 unspecified atom stereocenters. The van der Waals surface area contributed by atoms with Gasteiger partial charge in [-0.2, -0.15) is 0 Å². The molecule has 5 nitrogen and oxygen atoms in total. The topological polar surface area (TPSA) is 72.2 Å². The summed E-state index contributed by atoms with van der Waals surface area (Å²) >= 11 is 3.28. The average molecular weight is 311 g/mol. The molecular formula is C12H11BrN2O3. The van der Waals surface area contributed by atoms with Crippen LogP contribution in [-0.2, 0) is 4.79 Å². The second-order valence-electron chi connectivity index (χ2n) is 3.88. The second kappa shape index (κ2) is 4.89. The van der Waals surface area contributed by atoms with E-state index in [4.69, 9.17) is 5.11 Å². The van der Waals surface area contributed by atoms with Crippen molar-refractivity contribution < 1.29 is 9.90 Å². The van der Waals surface area contributed by atoms with E-state index in [1.807, 2.05) is 0 Å². The minimum atomic E-state index is -1.03. The van der Waals surface area contributed by atoms with Crippen molar-refractivity contribution in [3.63, 3.8) is 0 Å². The fraction of sp³-hybridized carbons (Fsp3) is 0.250. The minimum Gasteiger partial charge on any atom is -0.480 e. The summed E-state index contributed by atoms with van der Waals surface area (Å²) in [6.07, 6.45) is 1.62. The van der Waals surface area contributed by atoms with E-state index in [9.17, 15) is 9.59 Å². The number of nitrogens with zero attached hydrogens (tertiary/aromatic N) is 2. The lowest BCUT2D eigenvalue weighted by Gasteiger charge is -2.13. The Morgan fingerprint density at radius 2 is 2.28 bits per heavy atom. The molecule has 0 amide bonds. The summed E-state index contributed by atoms with van der Waals surface area (Å²) in [6.45, 7) is 1.72. The van der Waals surface area contributed by atoms with Crippen molar-refractivity contribution in [2.45, 2.75) is 19.4 Å². The van der Waals surface area contributed by atoms with Crippen LogP contribution in [0.15, 0.2) is 33.8 Å². The summed E-state index contributed by atoms with van der Waals surface area (Å²) in [5.41, 5.74) is 0.218. The van der Waals surface area contributed by atoms with Crippen molar-refractivity contribution >= 4 is 32.8 Å². The largest absolute Gasteiger partial charge is 0.480 e. The maximum Gasteiger partial charge on any atom is 0.326 e. The lowest BCUT2D eigenvalue weighted by molar-refractivity contribution is -0.141. The fourth-order valence-corrected chi connectivity index (χ4v) is 2.18. The first-order valence-corrected chi connectivity index (χ1v) is 6.23. The Bertz CT molecular complexity index is 666. The highest BCUT2D eigenvalue weighted by Gasteiger charge is 2.19. The van der Waals surface area contributed by atoms with Crippen molar-refractivity contribution in [2.75, 3.05) is 0 Å². The van der Waals surface area contributed by atoms with Crippen molar-refractivity contribution in [2.24, 2.45) is 0 Å². The van der Waals surface area contributed by atoms with Crippen LogP contribution in [-0.4, -0.2) is 20.6 Å². The van der Waals surface area contributed by atoms with E-state index < -0.39 is 12.0 Å². The molecule has 1 atom stereocenters. The van der Waals surface area contributed by atoms with Crippen LogP contribution in [0, 0.1) is 0 Å². The van der Waals surface area contributed by atoms with Gasteiger partial charge in [0.15, 0.2) is 0 Å². The molecule has 1 heterocycles. The first-order valence-electron chi connectivity index (χ1n) is 5.43. The van der Waals surface area contributed by atoms with Crippen molar-refractivity contribution in [1.29, 1.82) is 0 Å². The zero-order chi connectivity index (χ0) is 13.3. The summed E-state index contributed by atoms with van der Waals surface area (Å²) in [5.74, 6) is -1.03. The predicted molar refractivity (Wildman–Crippen MR) is 70.7 cm³/mol. The van der Waals surface area contributed by atoms with Gasteiger partial charge >= 0.3 is 5.97 Å². The standard InChI is InChI=1S/C12H11BrN2O3/c1-2-10(12(17)18)15-6-14-9-4-3-7(13)5-8(9)11(15)16/h3-6,10H,2H2,1H3,(H,17,18). The highest BCUT2D eigenvalue weighted by atomic mass is 79.9. The van der Waals surface area contributed by atoms with Crippen LogP contribution in [0.1, 0.15) is 19.4 Å².